The summed E-state index contributed by atoms with van der Waals surface area (Å²) in [4.78, 5) is 12.0. The van der Waals surface area contributed by atoms with Crippen molar-refractivity contribution >= 4 is 13.0 Å². The molecule has 0 aliphatic carbocycles. The second-order valence-corrected chi connectivity index (χ2v) is 5.44. The van der Waals surface area contributed by atoms with E-state index < -0.39 is 13.1 Å². The van der Waals surface area contributed by atoms with Crippen LogP contribution in [-0.2, 0) is 17.6 Å². The molecule has 4 nitrogen and oxygen atoms in total. The van der Waals surface area contributed by atoms with Crippen LogP contribution in [0.15, 0.2) is 54.6 Å². The molecule has 0 aromatic heterocycles. The third-order valence-electron chi connectivity index (χ3n) is 3.49. The van der Waals surface area contributed by atoms with Gasteiger partial charge in [0.05, 0.1) is 12.4 Å². The SMILES string of the molecule is Cc1ccc(C[C@H](NC(=O)Cc2ccccc2)B(O)O)cc1. The standard InChI is InChI=1S/C17H20BNO3/c1-13-7-9-15(10-8-13)11-16(18(21)22)19-17(20)12-14-5-3-2-4-6-14/h2-10,16,21-22H,11-12H2,1H3,(H,19,20)/t16-/m0/s1. The highest BCUT2D eigenvalue weighted by molar-refractivity contribution is 6.43. The van der Waals surface area contributed by atoms with Crippen LogP contribution in [0, 0.1) is 6.92 Å². The van der Waals surface area contributed by atoms with Gasteiger partial charge in [-0.25, -0.2) is 0 Å². The Morgan fingerprint density at radius 3 is 2.27 bits per heavy atom. The van der Waals surface area contributed by atoms with Crippen LogP contribution in [0.3, 0.4) is 0 Å². The molecule has 2 rings (SSSR count). The average molecular weight is 297 g/mol. The second kappa shape index (κ2) is 7.78. The van der Waals surface area contributed by atoms with Gasteiger partial charge in [0.25, 0.3) is 0 Å². The quantitative estimate of drug-likeness (QED) is 0.703. The smallest absolute Gasteiger partial charge is 0.426 e. The molecule has 5 heteroatoms. The van der Waals surface area contributed by atoms with Gasteiger partial charge in [-0.05, 0) is 24.5 Å². The molecule has 0 aliphatic rings. The highest BCUT2D eigenvalue weighted by atomic mass is 16.4. The number of benzene rings is 2. The van der Waals surface area contributed by atoms with E-state index in [-0.39, 0.29) is 12.3 Å². The molecule has 0 aliphatic heterocycles. The van der Waals surface area contributed by atoms with Crippen molar-refractivity contribution < 1.29 is 14.8 Å². The number of amides is 1. The topological polar surface area (TPSA) is 69.6 Å². The number of hydrogen-bond acceptors (Lipinski definition) is 3. The number of carbonyl (C=O) groups excluding carboxylic acids is 1. The van der Waals surface area contributed by atoms with Crippen LogP contribution in [0.5, 0.6) is 0 Å². The summed E-state index contributed by atoms with van der Waals surface area (Å²) in [7, 11) is -1.60. The van der Waals surface area contributed by atoms with E-state index in [1.807, 2.05) is 61.5 Å². The third-order valence-corrected chi connectivity index (χ3v) is 3.49. The molecule has 0 heterocycles. The molecule has 2 aromatic rings. The molecule has 0 bridgehead atoms. The Balaban J connectivity index is 1.96. The summed E-state index contributed by atoms with van der Waals surface area (Å²) < 4.78 is 0. The summed E-state index contributed by atoms with van der Waals surface area (Å²) in [5, 5.41) is 21.7. The van der Waals surface area contributed by atoms with Crippen molar-refractivity contribution in [3.63, 3.8) is 0 Å². The fourth-order valence-electron chi connectivity index (χ4n) is 2.25. The highest BCUT2D eigenvalue weighted by Crippen LogP contribution is 2.07. The zero-order valence-corrected chi connectivity index (χ0v) is 12.6. The first-order valence-corrected chi connectivity index (χ1v) is 7.29. The molecule has 0 spiro atoms. The molecule has 0 saturated carbocycles. The van der Waals surface area contributed by atoms with Gasteiger partial charge in [-0.1, -0.05) is 60.2 Å². The van der Waals surface area contributed by atoms with E-state index in [2.05, 4.69) is 5.32 Å². The summed E-state index contributed by atoms with van der Waals surface area (Å²) in [6, 6.07) is 17.1. The van der Waals surface area contributed by atoms with Gasteiger partial charge in [0.2, 0.25) is 5.91 Å². The minimum absolute atomic E-state index is 0.220. The van der Waals surface area contributed by atoms with Crippen LogP contribution in [0.4, 0.5) is 0 Å². The van der Waals surface area contributed by atoms with Crippen molar-refractivity contribution in [3.8, 4) is 0 Å². The highest BCUT2D eigenvalue weighted by Gasteiger charge is 2.25. The van der Waals surface area contributed by atoms with Gasteiger partial charge in [0, 0.05) is 0 Å². The van der Waals surface area contributed by atoms with Crippen LogP contribution < -0.4 is 5.32 Å². The fraction of sp³-hybridized carbons (Fsp3) is 0.235. The van der Waals surface area contributed by atoms with E-state index in [1.54, 1.807) is 0 Å². The first-order chi connectivity index (χ1) is 10.5. The van der Waals surface area contributed by atoms with Crippen molar-refractivity contribution in [3.05, 3.63) is 71.3 Å². The van der Waals surface area contributed by atoms with Gasteiger partial charge in [-0.2, -0.15) is 0 Å². The molecule has 0 saturated heterocycles. The van der Waals surface area contributed by atoms with Gasteiger partial charge in [-0.15, -0.1) is 0 Å². The molecule has 1 atom stereocenters. The van der Waals surface area contributed by atoms with Gasteiger partial charge in [0.1, 0.15) is 0 Å². The van der Waals surface area contributed by atoms with Crippen LogP contribution in [0.1, 0.15) is 16.7 Å². The molecule has 0 unspecified atom stereocenters. The van der Waals surface area contributed by atoms with Crippen LogP contribution in [0.25, 0.3) is 0 Å². The normalized spacial score (nSPS) is 11.8. The summed E-state index contributed by atoms with van der Waals surface area (Å²) in [6.45, 7) is 1.99. The van der Waals surface area contributed by atoms with Gasteiger partial charge in [0.15, 0.2) is 0 Å². The molecule has 0 fully saturated rings. The molecule has 22 heavy (non-hydrogen) atoms. The third kappa shape index (κ3) is 5.02. The Hall–Kier alpha value is -2.11. The van der Waals surface area contributed by atoms with Crippen molar-refractivity contribution in [1.82, 2.24) is 5.32 Å². The Kier molecular flexibility index (Phi) is 5.75. The number of carbonyl (C=O) groups is 1. The van der Waals surface area contributed by atoms with Crippen molar-refractivity contribution in [2.45, 2.75) is 25.7 Å². The Labute approximate surface area is 131 Å². The maximum absolute atomic E-state index is 12.0. The Bertz CT molecular complexity index is 599. The van der Waals surface area contributed by atoms with E-state index in [0.29, 0.717) is 6.42 Å². The largest absolute Gasteiger partial charge is 0.475 e. The molecule has 3 N–H and O–H groups in total. The minimum Gasteiger partial charge on any atom is -0.426 e. The summed E-state index contributed by atoms with van der Waals surface area (Å²) >= 11 is 0. The van der Waals surface area contributed by atoms with Crippen molar-refractivity contribution in [2.24, 2.45) is 0 Å². The van der Waals surface area contributed by atoms with Gasteiger partial charge >= 0.3 is 7.12 Å². The number of hydrogen-bond donors (Lipinski definition) is 3. The van der Waals surface area contributed by atoms with E-state index >= 15 is 0 Å². The molecule has 2 aromatic carbocycles. The van der Waals surface area contributed by atoms with Gasteiger partial charge < -0.3 is 15.4 Å². The molecular formula is C17H20BNO3. The minimum atomic E-state index is -1.60. The Morgan fingerprint density at radius 2 is 1.68 bits per heavy atom. The van der Waals surface area contributed by atoms with Gasteiger partial charge in [-0.3, -0.25) is 4.79 Å². The molecule has 1 amide bonds. The van der Waals surface area contributed by atoms with Crippen LogP contribution in [0.2, 0.25) is 0 Å². The molecule has 0 radical (unpaired) electrons. The lowest BCUT2D eigenvalue weighted by Gasteiger charge is -2.18. The van der Waals surface area contributed by atoms with Crippen LogP contribution in [-0.4, -0.2) is 29.0 Å². The monoisotopic (exact) mass is 297 g/mol. The fourth-order valence-corrected chi connectivity index (χ4v) is 2.25. The lowest BCUT2D eigenvalue weighted by molar-refractivity contribution is -0.120. The second-order valence-electron chi connectivity index (χ2n) is 5.44. The number of aryl methyl sites for hydroxylation is 1. The van der Waals surface area contributed by atoms with Crippen molar-refractivity contribution in [2.75, 3.05) is 0 Å². The van der Waals surface area contributed by atoms with E-state index in [1.165, 1.54) is 0 Å². The predicted octanol–water partition coefficient (Wildman–Crippen LogP) is 1.28. The van der Waals surface area contributed by atoms with E-state index in [4.69, 9.17) is 0 Å². The van der Waals surface area contributed by atoms with E-state index in [9.17, 15) is 14.8 Å². The maximum Gasteiger partial charge on any atom is 0.475 e. The lowest BCUT2D eigenvalue weighted by atomic mass is 9.75. The van der Waals surface area contributed by atoms with E-state index in [0.717, 1.165) is 16.7 Å². The first kappa shape index (κ1) is 16.3. The summed E-state index contributed by atoms with van der Waals surface area (Å²) in [5.74, 6) is -0.949. The number of rotatable bonds is 6. The summed E-state index contributed by atoms with van der Waals surface area (Å²) in [5.41, 5.74) is 2.98. The predicted molar refractivity (Wildman–Crippen MR) is 87.2 cm³/mol. The Morgan fingerprint density at radius 1 is 1.05 bits per heavy atom. The lowest BCUT2D eigenvalue weighted by Crippen LogP contribution is -2.48. The zero-order chi connectivity index (χ0) is 15.9. The first-order valence-electron chi connectivity index (χ1n) is 7.29. The number of nitrogens with one attached hydrogen (secondary N) is 1. The van der Waals surface area contributed by atoms with Crippen molar-refractivity contribution in [1.29, 1.82) is 0 Å². The molecular weight excluding hydrogens is 277 g/mol. The zero-order valence-electron chi connectivity index (χ0n) is 12.6. The molecule has 114 valence electrons. The summed E-state index contributed by atoms with van der Waals surface area (Å²) in [6.07, 6.45) is 0.594. The average Bonchev–Trinajstić information content (AvgIpc) is 2.49. The van der Waals surface area contributed by atoms with Crippen LogP contribution >= 0.6 is 0 Å². The maximum atomic E-state index is 12.0.